The first kappa shape index (κ1) is 15.7. The van der Waals surface area contributed by atoms with E-state index in [4.69, 9.17) is 5.73 Å². The molecule has 1 fully saturated rings. The molecule has 1 aliphatic heterocycles. The van der Waals surface area contributed by atoms with Crippen molar-refractivity contribution in [1.82, 2.24) is 4.90 Å². The average Bonchev–Trinajstić information content (AvgIpc) is 2.46. The summed E-state index contributed by atoms with van der Waals surface area (Å²) >= 11 is 0. The van der Waals surface area contributed by atoms with E-state index in [0.717, 1.165) is 37.5 Å². The first-order valence-corrected chi connectivity index (χ1v) is 7.09. The van der Waals surface area contributed by atoms with Crippen LogP contribution in [0.3, 0.4) is 0 Å². The van der Waals surface area contributed by atoms with Gasteiger partial charge in [0.15, 0.2) is 0 Å². The molecule has 1 aliphatic rings. The van der Waals surface area contributed by atoms with Gasteiger partial charge in [0.25, 0.3) is 5.91 Å². The Kier molecular flexibility index (Phi) is 4.44. The van der Waals surface area contributed by atoms with Gasteiger partial charge in [-0.05, 0) is 37.0 Å². The summed E-state index contributed by atoms with van der Waals surface area (Å²) in [4.78, 5) is 14.0. The van der Waals surface area contributed by atoms with Crippen LogP contribution >= 0.6 is 0 Å². The molecule has 0 saturated carbocycles. The van der Waals surface area contributed by atoms with Gasteiger partial charge in [0.1, 0.15) is 0 Å². The zero-order chi connectivity index (χ0) is 15.6. The van der Waals surface area contributed by atoms with E-state index < -0.39 is 17.6 Å². The van der Waals surface area contributed by atoms with E-state index in [9.17, 15) is 18.0 Å². The number of carbonyl (C=O) groups is 1. The number of amides is 1. The molecule has 1 amide bonds. The minimum atomic E-state index is -4.47. The SMILES string of the molecule is CCC1CCN(C(=O)c2cc(C(F)(F)F)ccc2N)CC1. The lowest BCUT2D eigenvalue weighted by Gasteiger charge is -2.32. The predicted octanol–water partition coefficient (Wildman–Crippen LogP) is 3.55. The molecule has 0 aliphatic carbocycles. The lowest BCUT2D eigenvalue weighted by molar-refractivity contribution is -0.137. The molecule has 0 spiro atoms. The highest BCUT2D eigenvalue weighted by molar-refractivity contribution is 5.99. The minimum absolute atomic E-state index is 0.0558. The molecule has 6 heteroatoms. The number of nitrogens with zero attached hydrogens (tertiary/aromatic N) is 1. The van der Waals surface area contributed by atoms with E-state index in [1.807, 2.05) is 0 Å². The summed E-state index contributed by atoms with van der Waals surface area (Å²) in [5.41, 5.74) is 4.87. The maximum absolute atomic E-state index is 12.7. The first-order valence-electron chi connectivity index (χ1n) is 7.09. The summed E-state index contributed by atoms with van der Waals surface area (Å²) in [6.45, 7) is 3.26. The fourth-order valence-corrected chi connectivity index (χ4v) is 2.63. The zero-order valence-electron chi connectivity index (χ0n) is 11.9. The maximum Gasteiger partial charge on any atom is 0.416 e. The summed E-state index contributed by atoms with van der Waals surface area (Å²) in [6, 6.07) is 2.90. The summed E-state index contributed by atoms with van der Waals surface area (Å²) < 4.78 is 38.2. The molecule has 2 rings (SSSR count). The number of benzene rings is 1. The van der Waals surface area contributed by atoms with Gasteiger partial charge in [-0.15, -0.1) is 0 Å². The molecule has 21 heavy (non-hydrogen) atoms. The molecule has 116 valence electrons. The quantitative estimate of drug-likeness (QED) is 0.849. The Morgan fingerprint density at radius 2 is 1.95 bits per heavy atom. The second-order valence-corrected chi connectivity index (χ2v) is 5.44. The normalized spacial score (nSPS) is 17.0. The van der Waals surface area contributed by atoms with Crippen LogP contribution in [0.4, 0.5) is 18.9 Å². The van der Waals surface area contributed by atoms with Gasteiger partial charge in [-0.25, -0.2) is 0 Å². The van der Waals surface area contributed by atoms with Crippen LogP contribution in [0.1, 0.15) is 42.1 Å². The zero-order valence-corrected chi connectivity index (χ0v) is 11.9. The number of alkyl halides is 3. The summed E-state index contributed by atoms with van der Waals surface area (Å²) in [5, 5.41) is 0. The van der Waals surface area contributed by atoms with Crippen LogP contribution in [0.2, 0.25) is 0 Å². The second kappa shape index (κ2) is 5.95. The van der Waals surface area contributed by atoms with E-state index in [1.54, 1.807) is 4.90 Å². The molecule has 3 nitrogen and oxygen atoms in total. The Labute approximate surface area is 121 Å². The Balaban J connectivity index is 2.19. The van der Waals surface area contributed by atoms with Crippen molar-refractivity contribution in [2.75, 3.05) is 18.8 Å². The van der Waals surface area contributed by atoms with E-state index in [2.05, 4.69) is 6.92 Å². The van der Waals surface area contributed by atoms with Crippen LogP contribution in [0.15, 0.2) is 18.2 Å². The molecular formula is C15H19F3N2O. The van der Waals surface area contributed by atoms with Gasteiger partial charge >= 0.3 is 6.18 Å². The van der Waals surface area contributed by atoms with Gasteiger partial charge in [-0.2, -0.15) is 13.2 Å². The van der Waals surface area contributed by atoms with Gasteiger partial charge in [0.05, 0.1) is 11.1 Å². The van der Waals surface area contributed by atoms with Crippen molar-refractivity contribution in [2.24, 2.45) is 5.92 Å². The monoisotopic (exact) mass is 300 g/mol. The molecule has 0 unspecified atom stereocenters. The highest BCUT2D eigenvalue weighted by Gasteiger charge is 2.32. The highest BCUT2D eigenvalue weighted by Crippen LogP contribution is 2.32. The fourth-order valence-electron chi connectivity index (χ4n) is 2.63. The number of hydrogen-bond donors (Lipinski definition) is 1. The van der Waals surface area contributed by atoms with Gasteiger partial charge < -0.3 is 10.6 Å². The first-order chi connectivity index (χ1) is 9.82. The van der Waals surface area contributed by atoms with Crippen LogP contribution < -0.4 is 5.73 Å². The van der Waals surface area contributed by atoms with E-state index in [-0.39, 0.29) is 11.3 Å². The van der Waals surface area contributed by atoms with Crippen molar-refractivity contribution in [3.05, 3.63) is 29.3 Å². The summed E-state index contributed by atoms with van der Waals surface area (Å²) in [7, 11) is 0. The minimum Gasteiger partial charge on any atom is -0.398 e. The van der Waals surface area contributed by atoms with E-state index in [1.165, 1.54) is 0 Å². The van der Waals surface area contributed by atoms with Crippen molar-refractivity contribution in [2.45, 2.75) is 32.4 Å². The largest absolute Gasteiger partial charge is 0.416 e. The Morgan fingerprint density at radius 3 is 2.48 bits per heavy atom. The Hall–Kier alpha value is -1.72. The van der Waals surface area contributed by atoms with Gasteiger partial charge in [0, 0.05) is 18.8 Å². The van der Waals surface area contributed by atoms with Crippen molar-refractivity contribution >= 4 is 11.6 Å². The predicted molar refractivity (Wildman–Crippen MR) is 74.8 cm³/mol. The number of piperidine rings is 1. The summed E-state index contributed by atoms with van der Waals surface area (Å²) in [6.07, 6.45) is -1.63. The van der Waals surface area contributed by atoms with Gasteiger partial charge in [0.2, 0.25) is 0 Å². The Bertz CT molecular complexity index is 520. The topological polar surface area (TPSA) is 46.3 Å². The Morgan fingerprint density at radius 1 is 1.33 bits per heavy atom. The van der Waals surface area contributed by atoms with E-state index >= 15 is 0 Å². The van der Waals surface area contributed by atoms with Crippen molar-refractivity contribution in [1.29, 1.82) is 0 Å². The molecule has 1 aromatic carbocycles. The average molecular weight is 300 g/mol. The number of rotatable bonds is 2. The number of likely N-dealkylation sites (tertiary alicyclic amines) is 1. The standard InChI is InChI=1S/C15H19F3N2O/c1-2-10-5-7-20(8-6-10)14(21)12-9-11(15(16,17)18)3-4-13(12)19/h3-4,9-10H,2,5-8,19H2,1H3. The van der Waals surface area contributed by atoms with Crippen molar-refractivity contribution in [3.63, 3.8) is 0 Å². The van der Waals surface area contributed by atoms with E-state index in [0.29, 0.717) is 19.0 Å². The van der Waals surface area contributed by atoms with Crippen LogP contribution in [0.25, 0.3) is 0 Å². The lowest BCUT2D eigenvalue weighted by atomic mass is 9.94. The molecule has 0 aromatic heterocycles. The highest BCUT2D eigenvalue weighted by atomic mass is 19.4. The number of halogens is 3. The van der Waals surface area contributed by atoms with Crippen LogP contribution in [-0.2, 0) is 6.18 Å². The molecule has 0 atom stereocenters. The molecule has 1 saturated heterocycles. The molecule has 0 radical (unpaired) electrons. The fraction of sp³-hybridized carbons (Fsp3) is 0.533. The van der Waals surface area contributed by atoms with Crippen LogP contribution in [-0.4, -0.2) is 23.9 Å². The second-order valence-electron chi connectivity index (χ2n) is 5.44. The molecular weight excluding hydrogens is 281 g/mol. The lowest BCUT2D eigenvalue weighted by Crippen LogP contribution is -2.38. The van der Waals surface area contributed by atoms with Gasteiger partial charge in [-0.3, -0.25) is 4.79 Å². The van der Waals surface area contributed by atoms with Crippen molar-refractivity contribution < 1.29 is 18.0 Å². The molecule has 0 bridgehead atoms. The third kappa shape index (κ3) is 3.49. The number of nitrogens with two attached hydrogens (primary N) is 1. The van der Waals surface area contributed by atoms with Gasteiger partial charge in [-0.1, -0.05) is 13.3 Å². The number of nitrogen functional groups attached to an aromatic ring is 1. The number of hydrogen-bond acceptors (Lipinski definition) is 2. The summed E-state index contributed by atoms with van der Waals surface area (Å²) in [5.74, 6) is 0.182. The van der Waals surface area contributed by atoms with Crippen molar-refractivity contribution in [3.8, 4) is 0 Å². The van der Waals surface area contributed by atoms with Crippen LogP contribution in [0.5, 0.6) is 0 Å². The molecule has 1 heterocycles. The number of carbonyl (C=O) groups excluding carboxylic acids is 1. The smallest absolute Gasteiger partial charge is 0.398 e. The molecule has 2 N–H and O–H groups in total. The third-order valence-corrected chi connectivity index (χ3v) is 4.09. The maximum atomic E-state index is 12.7. The van der Waals surface area contributed by atoms with Crippen LogP contribution in [0, 0.1) is 5.92 Å². The number of anilines is 1. The molecule has 1 aromatic rings. The third-order valence-electron chi connectivity index (χ3n) is 4.09.